The second-order valence-corrected chi connectivity index (χ2v) is 7.19. The van der Waals surface area contributed by atoms with Crippen LogP contribution in [0.1, 0.15) is 30.4 Å². The Morgan fingerprint density at radius 1 is 0.929 bits per heavy atom. The molecule has 2 aromatic rings. The van der Waals surface area contributed by atoms with E-state index in [1.165, 1.54) is 16.2 Å². The van der Waals surface area contributed by atoms with Crippen molar-refractivity contribution in [3.05, 3.63) is 59.7 Å². The SMILES string of the molecule is O=C(CCN1C(=O)CCC1=O)Nc1ccccc1CN1CCc2ccccc21. The molecule has 0 unspecified atom stereocenters. The fraction of sp³-hybridized carbons (Fsp3) is 0.318. The van der Waals surface area contributed by atoms with Crippen LogP contribution < -0.4 is 10.2 Å². The first kappa shape index (κ1) is 18.2. The van der Waals surface area contributed by atoms with Crippen molar-refractivity contribution in [2.24, 2.45) is 0 Å². The number of nitrogens with zero attached hydrogens (tertiary/aromatic N) is 2. The van der Waals surface area contributed by atoms with Gasteiger partial charge < -0.3 is 10.2 Å². The molecule has 3 amide bonds. The number of amides is 3. The van der Waals surface area contributed by atoms with E-state index in [0.717, 1.165) is 30.8 Å². The van der Waals surface area contributed by atoms with Crippen molar-refractivity contribution in [2.45, 2.75) is 32.2 Å². The van der Waals surface area contributed by atoms with Crippen LogP contribution >= 0.6 is 0 Å². The number of carbonyl (C=O) groups is 3. The molecule has 0 saturated carbocycles. The second kappa shape index (κ2) is 7.84. The fourth-order valence-electron chi connectivity index (χ4n) is 3.85. The highest BCUT2D eigenvalue weighted by molar-refractivity contribution is 6.02. The lowest BCUT2D eigenvalue weighted by Crippen LogP contribution is -2.32. The maximum atomic E-state index is 12.4. The fourth-order valence-corrected chi connectivity index (χ4v) is 3.85. The van der Waals surface area contributed by atoms with Gasteiger partial charge in [-0.3, -0.25) is 19.3 Å². The molecule has 0 bridgehead atoms. The molecule has 28 heavy (non-hydrogen) atoms. The van der Waals surface area contributed by atoms with Gasteiger partial charge in [-0.1, -0.05) is 36.4 Å². The predicted octanol–water partition coefficient (Wildman–Crippen LogP) is 2.73. The summed E-state index contributed by atoms with van der Waals surface area (Å²) >= 11 is 0. The molecule has 0 radical (unpaired) electrons. The summed E-state index contributed by atoms with van der Waals surface area (Å²) in [5.41, 5.74) is 4.41. The molecule has 1 fully saturated rings. The molecule has 144 valence electrons. The van der Waals surface area contributed by atoms with Crippen LogP contribution in [0, 0.1) is 0 Å². The first-order valence-corrected chi connectivity index (χ1v) is 9.65. The van der Waals surface area contributed by atoms with E-state index in [0.29, 0.717) is 0 Å². The summed E-state index contributed by atoms with van der Waals surface area (Å²) in [6, 6.07) is 16.2. The molecule has 2 aliphatic heterocycles. The largest absolute Gasteiger partial charge is 0.367 e. The Labute approximate surface area is 164 Å². The number of hydrogen-bond acceptors (Lipinski definition) is 4. The molecule has 1 N–H and O–H groups in total. The Bertz CT molecular complexity index is 909. The molecule has 6 nitrogen and oxygen atoms in total. The van der Waals surface area contributed by atoms with E-state index < -0.39 is 0 Å². The average Bonchev–Trinajstić information content (AvgIpc) is 3.25. The summed E-state index contributed by atoms with van der Waals surface area (Å²) < 4.78 is 0. The zero-order chi connectivity index (χ0) is 19.5. The average molecular weight is 377 g/mol. The zero-order valence-electron chi connectivity index (χ0n) is 15.7. The van der Waals surface area contributed by atoms with Crippen molar-refractivity contribution in [3.8, 4) is 0 Å². The first-order chi connectivity index (χ1) is 13.6. The third-order valence-corrected chi connectivity index (χ3v) is 5.35. The molecule has 2 aliphatic rings. The van der Waals surface area contributed by atoms with Crippen LogP contribution in [0.5, 0.6) is 0 Å². The molecular weight excluding hydrogens is 354 g/mol. The predicted molar refractivity (Wildman–Crippen MR) is 107 cm³/mol. The van der Waals surface area contributed by atoms with Crippen molar-refractivity contribution in [1.29, 1.82) is 0 Å². The summed E-state index contributed by atoms with van der Waals surface area (Å²) in [5.74, 6) is -0.571. The summed E-state index contributed by atoms with van der Waals surface area (Å²) in [6.07, 6.45) is 1.64. The number of carbonyl (C=O) groups excluding carboxylic acids is 3. The van der Waals surface area contributed by atoms with Gasteiger partial charge in [-0.25, -0.2) is 0 Å². The van der Waals surface area contributed by atoms with Crippen molar-refractivity contribution < 1.29 is 14.4 Å². The summed E-state index contributed by atoms with van der Waals surface area (Å²) in [5, 5.41) is 2.95. The Kier molecular flexibility index (Phi) is 5.10. The molecular formula is C22H23N3O3. The normalized spacial score (nSPS) is 15.9. The minimum Gasteiger partial charge on any atom is -0.367 e. The molecule has 6 heteroatoms. The van der Waals surface area contributed by atoms with E-state index in [4.69, 9.17) is 0 Å². The lowest BCUT2D eigenvalue weighted by Gasteiger charge is -2.21. The number of benzene rings is 2. The van der Waals surface area contributed by atoms with Crippen molar-refractivity contribution in [3.63, 3.8) is 0 Å². The van der Waals surface area contributed by atoms with E-state index in [2.05, 4.69) is 28.4 Å². The van der Waals surface area contributed by atoms with E-state index >= 15 is 0 Å². The number of anilines is 2. The number of hydrogen-bond donors (Lipinski definition) is 1. The second-order valence-electron chi connectivity index (χ2n) is 7.19. The number of imide groups is 1. The molecule has 4 rings (SSSR count). The maximum Gasteiger partial charge on any atom is 0.229 e. The molecule has 0 spiro atoms. The summed E-state index contributed by atoms with van der Waals surface area (Å²) in [7, 11) is 0. The smallest absolute Gasteiger partial charge is 0.229 e. The zero-order valence-corrected chi connectivity index (χ0v) is 15.7. The van der Waals surface area contributed by atoms with Gasteiger partial charge in [0, 0.05) is 50.3 Å². The van der Waals surface area contributed by atoms with E-state index in [9.17, 15) is 14.4 Å². The molecule has 0 aliphatic carbocycles. The van der Waals surface area contributed by atoms with Crippen LogP contribution in [0.3, 0.4) is 0 Å². The minimum absolute atomic E-state index is 0.109. The molecule has 0 aromatic heterocycles. The van der Waals surface area contributed by atoms with Gasteiger partial charge in [0.15, 0.2) is 0 Å². The van der Waals surface area contributed by atoms with Gasteiger partial charge in [0.2, 0.25) is 17.7 Å². The Morgan fingerprint density at radius 2 is 1.64 bits per heavy atom. The third kappa shape index (κ3) is 3.76. The van der Waals surface area contributed by atoms with Gasteiger partial charge in [0.05, 0.1) is 0 Å². The first-order valence-electron chi connectivity index (χ1n) is 9.65. The molecule has 1 saturated heterocycles. The number of fused-ring (bicyclic) bond motifs is 1. The van der Waals surface area contributed by atoms with Crippen LogP contribution in [0.25, 0.3) is 0 Å². The highest BCUT2D eigenvalue weighted by Crippen LogP contribution is 2.30. The van der Waals surface area contributed by atoms with Crippen LogP contribution in [-0.4, -0.2) is 35.7 Å². The van der Waals surface area contributed by atoms with E-state index in [1.54, 1.807) is 0 Å². The maximum absolute atomic E-state index is 12.4. The molecule has 2 aromatic carbocycles. The highest BCUT2D eigenvalue weighted by Gasteiger charge is 2.28. The minimum atomic E-state index is -0.193. The molecule has 2 heterocycles. The van der Waals surface area contributed by atoms with Gasteiger partial charge in [-0.05, 0) is 29.7 Å². The monoisotopic (exact) mass is 377 g/mol. The van der Waals surface area contributed by atoms with E-state index in [-0.39, 0.29) is 43.5 Å². The lowest BCUT2D eigenvalue weighted by molar-refractivity contribution is -0.138. The topological polar surface area (TPSA) is 69.7 Å². The van der Waals surface area contributed by atoms with Crippen LogP contribution in [0.2, 0.25) is 0 Å². The van der Waals surface area contributed by atoms with Gasteiger partial charge in [0.1, 0.15) is 0 Å². The third-order valence-electron chi connectivity index (χ3n) is 5.35. The highest BCUT2D eigenvalue weighted by atomic mass is 16.2. The van der Waals surface area contributed by atoms with Crippen molar-refractivity contribution in [1.82, 2.24) is 4.90 Å². The van der Waals surface area contributed by atoms with Gasteiger partial charge in [-0.15, -0.1) is 0 Å². The number of nitrogens with one attached hydrogen (secondary N) is 1. The van der Waals surface area contributed by atoms with Crippen molar-refractivity contribution >= 4 is 29.1 Å². The Morgan fingerprint density at radius 3 is 2.46 bits per heavy atom. The van der Waals surface area contributed by atoms with Gasteiger partial charge in [0.25, 0.3) is 0 Å². The molecule has 0 atom stereocenters. The van der Waals surface area contributed by atoms with E-state index in [1.807, 2.05) is 30.3 Å². The standard InChI is InChI=1S/C22H23N3O3/c26-20(12-14-25-21(27)9-10-22(25)28)23-18-7-3-1-6-17(18)15-24-13-11-16-5-2-4-8-19(16)24/h1-8H,9-15H2,(H,23,26). The number of likely N-dealkylation sites (tertiary alicyclic amines) is 1. The summed E-state index contributed by atoms with van der Waals surface area (Å²) in [6.45, 7) is 1.82. The number of para-hydroxylation sites is 2. The van der Waals surface area contributed by atoms with Crippen LogP contribution in [0.15, 0.2) is 48.5 Å². The Hall–Kier alpha value is -3.15. The Balaban J connectivity index is 1.40. The summed E-state index contributed by atoms with van der Waals surface area (Å²) in [4.78, 5) is 39.2. The van der Waals surface area contributed by atoms with Crippen molar-refractivity contribution in [2.75, 3.05) is 23.3 Å². The van der Waals surface area contributed by atoms with Crippen LogP contribution in [-0.2, 0) is 27.3 Å². The van der Waals surface area contributed by atoms with Gasteiger partial charge >= 0.3 is 0 Å². The van der Waals surface area contributed by atoms with Crippen LogP contribution in [0.4, 0.5) is 11.4 Å². The lowest BCUT2D eigenvalue weighted by atomic mass is 10.1. The quantitative estimate of drug-likeness (QED) is 0.786. The van der Waals surface area contributed by atoms with Gasteiger partial charge in [-0.2, -0.15) is 0 Å². The number of rotatable bonds is 6.